The van der Waals surface area contributed by atoms with Crippen LogP contribution in [0.15, 0.2) is 22.8 Å². The Kier molecular flexibility index (Phi) is 5.17. The Morgan fingerprint density at radius 1 is 1.36 bits per heavy atom. The van der Waals surface area contributed by atoms with Crippen molar-refractivity contribution in [2.24, 2.45) is 5.92 Å². The number of carbonyl (C=O) groups is 1. The largest absolute Gasteiger partial charge is 0.459 e. The van der Waals surface area contributed by atoms with E-state index in [1.165, 1.54) is 53.9 Å². The van der Waals surface area contributed by atoms with E-state index >= 15 is 0 Å². The van der Waals surface area contributed by atoms with Gasteiger partial charge >= 0.3 is 0 Å². The smallest absolute Gasteiger partial charge is 0.286 e. The number of thiazole rings is 1. The Hall–Kier alpha value is -1.66. The van der Waals surface area contributed by atoms with E-state index in [1.54, 1.807) is 12.1 Å². The normalized spacial score (nSPS) is 21.0. The zero-order valence-corrected chi connectivity index (χ0v) is 15.3. The molecule has 1 saturated heterocycles. The van der Waals surface area contributed by atoms with E-state index in [1.807, 2.05) is 11.3 Å². The number of hydrogen-bond donors (Lipinski definition) is 1. The molecule has 0 bridgehead atoms. The van der Waals surface area contributed by atoms with E-state index in [0.717, 1.165) is 26.1 Å². The highest BCUT2D eigenvalue weighted by Crippen LogP contribution is 2.28. The van der Waals surface area contributed by atoms with E-state index in [-0.39, 0.29) is 5.91 Å². The summed E-state index contributed by atoms with van der Waals surface area (Å²) in [5.74, 6) is 0.776. The molecule has 1 N–H and O–H groups in total. The Morgan fingerprint density at radius 2 is 2.28 bits per heavy atom. The minimum absolute atomic E-state index is 0.116. The van der Waals surface area contributed by atoms with Crippen LogP contribution in [0.1, 0.15) is 51.8 Å². The fraction of sp³-hybridized carbons (Fsp3) is 0.579. The number of fused-ring (bicyclic) bond motifs is 1. The van der Waals surface area contributed by atoms with Gasteiger partial charge in [0, 0.05) is 18.0 Å². The van der Waals surface area contributed by atoms with Crippen LogP contribution in [0, 0.1) is 5.92 Å². The maximum absolute atomic E-state index is 12.0. The van der Waals surface area contributed by atoms with Crippen molar-refractivity contribution in [3.8, 4) is 0 Å². The minimum Gasteiger partial charge on any atom is -0.459 e. The van der Waals surface area contributed by atoms with Crippen LogP contribution >= 0.6 is 11.3 Å². The molecule has 5 nitrogen and oxygen atoms in total. The lowest BCUT2D eigenvalue weighted by atomic mass is 9.98. The molecule has 1 amide bonds. The first-order chi connectivity index (χ1) is 12.3. The molecule has 0 aromatic carbocycles. The van der Waals surface area contributed by atoms with E-state index in [2.05, 4.69) is 10.2 Å². The molecular formula is C19H25N3O2S. The van der Waals surface area contributed by atoms with E-state index in [4.69, 9.17) is 9.40 Å². The summed E-state index contributed by atoms with van der Waals surface area (Å²) in [6.07, 6.45) is 8.87. The SMILES string of the molecule is O=C(NCC1CCCN(Cc2nc3c(s2)CCCC3)C1)c1ccco1. The molecule has 2 aromatic rings. The van der Waals surface area contributed by atoms with Gasteiger partial charge in [-0.05, 0) is 63.1 Å². The van der Waals surface area contributed by atoms with Gasteiger partial charge in [0.1, 0.15) is 5.01 Å². The third-order valence-corrected chi connectivity index (χ3v) is 6.29. The lowest BCUT2D eigenvalue weighted by molar-refractivity contribution is 0.0903. The molecule has 134 valence electrons. The zero-order chi connectivity index (χ0) is 17.1. The van der Waals surface area contributed by atoms with Crippen LogP contribution in [-0.4, -0.2) is 35.4 Å². The Morgan fingerprint density at radius 3 is 3.12 bits per heavy atom. The third kappa shape index (κ3) is 4.12. The van der Waals surface area contributed by atoms with Crippen LogP contribution in [0.2, 0.25) is 0 Å². The molecule has 2 aliphatic rings. The number of piperidine rings is 1. The first-order valence-corrected chi connectivity index (χ1v) is 10.1. The predicted molar refractivity (Wildman–Crippen MR) is 97.8 cm³/mol. The van der Waals surface area contributed by atoms with Gasteiger partial charge in [-0.15, -0.1) is 11.3 Å². The summed E-state index contributed by atoms with van der Waals surface area (Å²) in [4.78, 5) is 20.9. The number of hydrogen-bond acceptors (Lipinski definition) is 5. The monoisotopic (exact) mass is 359 g/mol. The zero-order valence-electron chi connectivity index (χ0n) is 14.5. The quantitative estimate of drug-likeness (QED) is 0.890. The number of furan rings is 1. The number of aromatic nitrogens is 1. The Balaban J connectivity index is 1.29. The topological polar surface area (TPSA) is 58.4 Å². The lowest BCUT2D eigenvalue weighted by Crippen LogP contribution is -2.40. The number of carbonyl (C=O) groups excluding carboxylic acids is 1. The third-order valence-electron chi connectivity index (χ3n) is 5.15. The van der Waals surface area contributed by atoms with Crippen molar-refractivity contribution in [3.05, 3.63) is 39.7 Å². The first kappa shape index (κ1) is 16.8. The van der Waals surface area contributed by atoms with Crippen molar-refractivity contribution in [1.29, 1.82) is 0 Å². The van der Waals surface area contributed by atoms with Gasteiger partial charge in [-0.2, -0.15) is 0 Å². The summed E-state index contributed by atoms with van der Waals surface area (Å²) >= 11 is 1.91. The van der Waals surface area contributed by atoms with Gasteiger partial charge < -0.3 is 9.73 Å². The van der Waals surface area contributed by atoms with Gasteiger partial charge in [0.2, 0.25) is 0 Å². The summed E-state index contributed by atoms with van der Waals surface area (Å²) in [7, 11) is 0. The molecule has 6 heteroatoms. The van der Waals surface area contributed by atoms with Crippen LogP contribution in [-0.2, 0) is 19.4 Å². The number of aryl methyl sites for hydroxylation is 2. The maximum atomic E-state index is 12.0. The number of nitrogens with zero attached hydrogens (tertiary/aromatic N) is 2. The molecule has 3 heterocycles. The predicted octanol–water partition coefficient (Wildman–Crippen LogP) is 3.26. The standard InChI is InChI=1S/C19H25N3O2S/c23-19(16-7-4-10-24-16)20-11-14-5-3-9-22(12-14)13-18-21-15-6-1-2-8-17(15)25-18/h4,7,10,14H,1-3,5-6,8-9,11-13H2,(H,20,23). The second kappa shape index (κ2) is 7.70. The van der Waals surface area contributed by atoms with Crippen molar-refractivity contribution < 1.29 is 9.21 Å². The van der Waals surface area contributed by atoms with E-state index < -0.39 is 0 Å². The summed E-state index contributed by atoms with van der Waals surface area (Å²) < 4.78 is 5.15. The minimum atomic E-state index is -0.116. The van der Waals surface area contributed by atoms with E-state index in [0.29, 0.717) is 18.2 Å². The molecule has 1 unspecified atom stereocenters. The fourth-order valence-corrected chi connectivity index (χ4v) is 5.06. The van der Waals surface area contributed by atoms with Gasteiger partial charge in [0.15, 0.2) is 5.76 Å². The summed E-state index contributed by atoms with van der Waals surface area (Å²) in [5, 5.41) is 4.28. The number of likely N-dealkylation sites (tertiary alicyclic amines) is 1. The molecule has 0 radical (unpaired) electrons. The lowest BCUT2D eigenvalue weighted by Gasteiger charge is -2.32. The van der Waals surface area contributed by atoms with Crippen molar-refractivity contribution in [3.63, 3.8) is 0 Å². The summed E-state index contributed by atoms with van der Waals surface area (Å²) in [6, 6.07) is 3.44. The van der Waals surface area contributed by atoms with Crippen molar-refractivity contribution in [2.75, 3.05) is 19.6 Å². The van der Waals surface area contributed by atoms with Crippen molar-refractivity contribution >= 4 is 17.2 Å². The molecular weight excluding hydrogens is 334 g/mol. The molecule has 1 aliphatic heterocycles. The number of nitrogens with one attached hydrogen (secondary N) is 1. The Bertz CT molecular complexity index is 687. The molecule has 1 atom stereocenters. The molecule has 1 fully saturated rings. The molecule has 2 aromatic heterocycles. The van der Waals surface area contributed by atoms with E-state index in [9.17, 15) is 4.79 Å². The van der Waals surface area contributed by atoms with Crippen molar-refractivity contribution in [2.45, 2.75) is 45.1 Å². The van der Waals surface area contributed by atoms with Gasteiger partial charge in [0.25, 0.3) is 5.91 Å². The second-order valence-electron chi connectivity index (χ2n) is 7.12. The molecule has 0 spiro atoms. The molecule has 0 saturated carbocycles. The fourth-order valence-electron chi connectivity index (χ4n) is 3.86. The van der Waals surface area contributed by atoms with Crippen LogP contribution in [0.5, 0.6) is 0 Å². The highest BCUT2D eigenvalue weighted by molar-refractivity contribution is 7.11. The van der Waals surface area contributed by atoms with Gasteiger partial charge in [0.05, 0.1) is 18.5 Å². The summed E-state index contributed by atoms with van der Waals surface area (Å²) in [5.41, 5.74) is 1.35. The van der Waals surface area contributed by atoms with Gasteiger partial charge in [-0.3, -0.25) is 9.69 Å². The average Bonchev–Trinajstić information content (AvgIpc) is 3.29. The maximum Gasteiger partial charge on any atom is 0.286 e. The highest BCUT2D eigenvalue weighted by atomic mass is 32.1. The van der Waals surface area contributed by atoms with Crippen LogP contribution in [0.25, 0.3) is 0 Å². The number of amides is 1. The molecule has 25 heavy (non-hydrogen) atoms. The van der Waals surface area contributed by atoms with Crippen LogP contribution in [0.4, 0.5) is 0 Å². The van der Waals surface area contributed by atoms with Gasteiger partial charge in [-0.25, -0.2) is 4.98 Å². The average molecular weight is 359 g/mol. The van der Waals surface area contributed by atoms with Gasteiger partial charge in [-0.1, -0.05) is 0 Å². The highest BCUT2D eigenvalue weighted by Gasteiger charge is 2.23. The van der Waals surface area contributed by atoms with Crippen LogP contribution in [0.3, 0.4) is 0 Å². The van der Waals surface area contributed by atoms with Crippen molar-refractivity contribution in [1.82, 2.24) is 15.2 Å². The Labute approximate surface area is 152 Å². The first-order valence-electron chi connectivity index (χ1n) is 9.29. The molecule has 4 rings (SSSR count). The van der Waals surface area contributed by atoms with Crippen LogP contribution < -0.4 is 5.32 Å². The molecule has 1 aliphatic carbocycles. The summed E-state index contributed by atoms with van der Waals surface area (Å²) in [6.45, 7) is 3.83. The number of rotatable bonds is 5. The second-order valence-corrected chi connectivity index (χ2v) is 8.28.